The Bertz CT molecular complexity index is 822. The first-order valence-electron chi connectivity index (χ1n) is 7.65. The van der Waals surface area contributed by atoms with Gasteiger partial charge >= 0.3 is 8.69 Å². The Labute approximate surface area is 142 Å². The van der Waals surface area contributed by atoms with Crippen molar-refractivity contribution in [3.63, 3.8) is 0 Å². The summed E-state index contributed by atoms with van der Waals surface area (Å²) in [5.41, 5.74) is 4.15. The maximum atomic E-state index is 13.0. The first kappa shape index (κ1) is 16.4. The molecule has 0 aliphatic heterocycles. The van der Waals surface area contributed by atoms with Crippen molar-refractivity contribution in [2.24, 2.45) is 0 Å². The summed E-state index contributed by atoms with van der Waals surface area (Å²) in [5, 5.41) is 0. The Kier molecular flexibility index (Phi) is 4.77. The average molecular weight is 340 g/mol. The summed E-state index contributed by atoms with van der Waals surface area (Å²) in [6.45, 7) is 2.03. The molecule has 2 aromatic rings. The number of aryl methyl sites for hydroxylation is 2. The molecule has 0 unspecified atom stereocenters. The highest BCUT2D eigenvalue weighted by Gasteiger charge is 2.27. The molecule has 0 radical (unpaired) electrons. The van der Waals surface area contributed by atoms with E-state index in [0.717, 1.165) is 23.1 Å². The second-order valence-electron chi connectivity index (χ2n) is 5.68. The van der Waals surface area contributed by atoms with Crippen LogP contribution in [0.25, 0.3) is 5.57 Å². The van der Waals surface area contributed by atoms with Crippen LogP contribution >= 0.6 is 8.69 Å². The lowest BCUT2D eigenvalue weighted by molar-refractivity contribution is 0.105. The summed E-state index contributed by atoms with van der Waals surface area (Å²) in [7, 11) is 1.13. The number of benzene rings is 2. The SMILES string of the molecule is COc1ccc(C(=O)C2=C(OP=O)CCc3cc(C)ccc32)cc1. The number of methoxy groups -OCH3 is 1. The Morgan fingerprint density at radius 3 is 2.50 bits per heavy atom. The van der Waals surface area contributed by atoms with Gasteiger partial charge in [-0.05, 0) is 48.7 Å². The third kappa shape index (κ3) is 3.10. The molecule has 3 rings (SSSR count). The zero-order chi connectivity index (χ0) is 17.1. The van der Waals surface area contributed by atoms with E-state index in [1.807, 2.05) is 19.1 Å². The van der Waals surface area contributed by atoms with E-state index >= 15 is 0 Å². The van der Waals surface area contributed by atoms with Crippen LogP contribution in [0.2, 0.25) is 0 Å². The van der Waals surface area contributed by atoms with Gasteiger partial charge in [-0.25, -0.2) is 4.57 Å². The first-order valence-corrected chi connectivity index (χ1v) is 8.38. The quantitative estimate of drug-likeness (QED) is 0.581. The molecule has 4 nitrogen and oxygen atoms in total. The molecular weight excluding hydrogens is 323 g/mol. The van der Waals surface area contributed by atoms with Crippen LogP contribution in [0.15, 0.2) is 48.2 Å². The van der Waals surface area contributed by atoms with Crippen LogP contribution in [0, 0.1) is 6.92 Å². The van der Waals surface area contributed by atoms with E-state index in [1.54, 1.807) is 31.4 Å². The van der Waals surface area contributed by atoms with E-state index in [0.29, 0.717) is 29.1 Å². The average Bonchev–Trinajstić information content (AvgIpc) is 2.61. The van der Waals surface area contributed by atoms with Crippen LogP contribution in [0.5, 0.6) is 5.75 Å². The zero-order valence-electron chi connectivity index (χ0n) is 13.5. The summed E-state index contributed by atoms with van der Waals surface area (Å²) in [6.07, 6.45) is 1.32. The Morgan fingerprint density at radius 1 is 1.08 bits per heavy atom. The van der Waals surface area contributed by atoms with E-state index in [2.05, 4.69) is 6.07 Å². The molecule has 0 amide bonds. The second kappa shape index (κ2) is 6.98. The monoisotopic (exact) mass is 340 g/mol. The molecule has 0 saturated heterocycles. The van der Waals surface area contributed by atoms with E-state index in [1.165, 1.54) is 0 Å². The van der Waals surface area contributed by atoms with Gasteiger partial charge in [0.15, 0.2) is 5.78 Å². The molecule has 0 saturated carbocycles. The lowest BCUT2D eigenvalue weighted by Crippen LogP contribution is -2.13. The maximum Gasteiger partial charge on any atom is 0.395 e. The normalized spacial score (nSPS) is 13.6. The summed E-state index contributed by atoms with van der Waals surface area (Å²) in [5.74, 6) is 1.03. The minimum Gasteiger partial charge on any atom is -0.497 e. The molecule has 24 heavy (non-hydrogen) atoms. The molecule has 2 aromatic carbocycles. The molecule has 0 bridgehead atoms. The number of hydrogen-bond donors (Lipinski definition) is 0. The van der Waals surface area contributed by atoms with Gasteiger partial charge in [-0.15, -0.1) is 0 Å². The molecule has 122 valence electrons. The third-order valence-corrected chi connectivity index (χ3v) is 4.45. The molecule has 0 fully saturated rings. The number of ketones is 1. The van der Waals surface area contributed by atoms with Crippen molar-refractivity contribution in [3.05, 3.63) is 70.5 Å². The van der Waals surface area contributed by atoms with Crippen molar-refractivity contribution >= 4 is 20.0 Å². The van der Waals surface area contributed by atoms with Gasteiger partial charge in [0.1, 0.15) is 11.5 Å². The highest BCUT2D eigenvalue weighted by Crippen LogP contribution is 2.36. The third-order valence-electron chi connectivity index (χ3n) is 4.16. The summed E-state index contributed by atoms with van der Waals surface area (Å²) >= 11 is 0. The second-order valence-corrected chi connectivity index (χ2v) is 6.01. The highest BCUT2D eigenvalue weighted by molar-refractivity contribution is 7.17. The van der Waals surface area contributed by atoms with Crippen molar-refractivity contribution in [1.82, 2.24) is 0 Å². The van der Waals surface area contributed by atoms with Gasteiger partial charge in [0.25, 0.3) is 0 Å². The fraction of sp³-hybridized carbons (Fsp3) is 0.211. The Morgan fingerprint density at radius 2 is 1.83 bits per heavy atom. The first-order chi connectivity index (χ1) is 11.6. The molecule has 0 spiro atoms. The lowest BCUT2D eigenvalue weighted by Gasteiger charge is -2.21. The molecule has 0 aromatic heterocycles. The van der Waals surface area contributed by atoms with Gasteiger partial charge in [0.05, 0.1) is 12.7 Å². The minimum atomic E-state index is -0.447. The molecular formula is C19H17O4P. The van der Waals surface area contributed by atoms with Gasteiger partial charge in [-0.1, -0.05) is 23.8 Å². The number of fused-ring (bicyclic) bond motifs is 1. The summed E-state index contributed by atoms with van der Waals surface area (Å²) in [6, 6.07) is 12.9. The number of allylic oxidation sites excluding steroid dienone is 2. The standard InChI is InChI=1S/C19H17O4P/c1-12-3-9-16-14(11-12)6-10-17(23-24-21)18(16)19(20)13-4-7-15(22-2)8-5-13/h3-5,7-9,11H,6,10H2,1-2H3. The van der Waals surface area contributed by atoms with E-state index in [9.17, 15) is 9.36 Å². The molecule has 1 aliphatic rings. The van der Waals surface area contributed by atoms with Crippen molar-refractivity contribution in [1.29, 1.82) is 0 Å². The number of hydrogen-bond acceptors (Lipinski definition) is 4. The van der Waals surface area contributed by atoms with Crippen LogP contribution in [0.4, 0.5) is 0 Å². The highest BCUT2D eigenvalue weighted by atomic mass is 31.1. The smallest absolute Gasteiger partial charge is 0.395 e. The summed E-state index contributed by atoms with van der Waals surface area (Å²) < 4.78 is 21.3. The van der Waals surface area contributed by atoms with Gasteiger partial charge in [-0.3, -0.25) is 4.79 Å². The minimum absolute atomic E-state index is 0.138. The van der Waals surface area contributed by atoms with Crippen molar-refractivity contribution in [2.75, 3.05) is 7.11 Å². The predicted octanol–water partition coefficient (Wildman–Crippen LogP) is 4.77. The van der Waals surface area contributed by atoms with Crippen LogP contribution in [-0.2, 0) is 15.5 Å². The van der Waals surface area contributed by atoms with Crippen LogP contribution < -0.4 is 4.74 Å². The van der Waals surface area contributed by atoms with Crippen molar-refractivity contribution in [3.8, 4) is 5.75 Å². The molecule has 0 heterocycles. The van der Waals surface area contributed by atoms with Crippen LogP contribution in [0.1, 0.15) is 33.5 Å². The van der Waals surface area contributed by atoms with Gasteiger partial charge in [0, 0.05) is 12.0 Å². The molecule has 0 atom stereocenters. The maximum absolute atomic E-state index is 13.0. The van der Waals surface area contributed by atoms with Gasteiger partial charge in [-0.2, -0.15) is 0 Å². The number of carbonyl (C=O) groups excluding carboxylic acids is 1. The summed E-state index contributed by atoms with van der Waals surface area (Å²) in [4.78, 5) is 13.0. The van der Waals surface area contributed by atoms with E-state index < -0.39 is 8.69 Å². The van der Waals surface area contributed by atoms with Crippen LogP contribution in [-0.4, -0.2) is 12.9 Å². The Balaban J connectivity index is 2.09. The number of Topliss-reactive ketones (excluding diaryl/α,β-unsaturated/α-hetero) is 1. The van der Waals surface area contributed by atoms with E-state index in [-0.39, 0.29) is 5.78 Å². The van der Waals surface area contributed by atoms with Gasteiger partial charge < -0.3 is 9.26 Å². The van der Waals surface area contributed by atoms with Crippen molar-refractivity contribution < 1.29 is 18.6 Å². The number of carbonyl (C=O) groups is 1. The topological polar surface area (TPSA) is 52.6 Å². The number of rotatable bonds is 5. The molecule has 0 N–H and O–H groups in total. The predicted molar refractivity (Wildman–Crippen MR) is 92.4 cm³/mol. The fourth-order valence-electron chi connectivity index (χ4n) is 2.97. The van der Waals surface area contributed by atoms with E-state index in [4.69, 9.17) is 9.26 Å². The largest absolute Gasteiger partial charge is 0.497 e. The molecule has 5 heteroatoms. The fourth-order valence-corrected chi connectivity index (χ4v) is 3.24. The molecule has 1 aliphatic carbocycles. The van der Waals surface area contributed by atoms with Crippen LogP contribution in [0.3, 0.4) is 0 Å². The van der Waals surface area contributed by atoms with Crippen molar-refractivity contribution in [2.45, 2.75) is 19.8 Å². The van der Waals surface area contributed by atoms with Gasteiger partial charge in [0.2, 0.25) is 0 Å². The Hall–Kier alpha value is -2.45. The lowest BCUT2D eigenvalue weighted by atomic mass is 9.85. The number of ether oxygens (including phenoxy) is 1. The zero-order valence-corrected chi connectivity index (χ0v) is 14.4.